The molecule has 0 saturated carbocycles. The van der Waals surface area contributed by atoms with Crippen LogP contribution in [0.4, 0.5) is 11.6 Å². The molecule has 130 valence electrons. The molecule has 3 rings (SSSR count). The number of hydrogen-bond donors (Lipinski definition) is 2. The first-order valence-electron chi connectivity index (χ1n) is 7.33. The van der Waals surface area contributed by atoms with Gasteiger partial charge in [0.15, 0.2) is 5.75 Å². The molecule has 2 heterocycles. The Kier molecular flexibility index (Phi) is 6.33. The fourth-order valence-corrected chi connectivity index (χ4v) is 2.77. The average molecular weight is 352 g/mol. The second kappa shape index (κ2) is 8.46. The molecule has 1 fully saturated rings. The highest BCUT2D eigenvalue weighted by Crippen LogP contribution is 2.15. The first-order valence-corrected chi connectivity index (χ1v) is 8.82. The number of nitrogen functional groups attached to an aromatic ring is 1. The van der Waals surface area contributed by atoms with E-state index in [1.807, 2.05) is 0 Å². The third-order valence-corrected chi connectivity index (χ3v) is 4.45. The van der Waals surface area contributed by atoms with E-state index in [4.69, 9.17) is 15.2 Å². The minimum atomic E-state index is -3.72. The fraction of sp³-hybridized carbons (Fsp3) is 0.333. The summed E-state index contributed by atoms with van der Waals surface area (Å²) in [5, 5.41) is 0. The number of hydrogen-bond acceptors (Lipinski definition) is 7. The van der Waals surface area contributed by atoms with Crippen LogP contribution in [0.1, 0.15) is 12.8 Å². The first kappa shape index (κ1) is 18.0. The number of nitrogens with two attached hydrogens (primary N) is 1. The van der Waals surface area contributed by atoms with Crippen molar-refractivity contribution in [2.75, 3.05) is 30.8 Å². The Morgan fingerprint density at radius 1 is 1.12 bits per heavy atom. The summed E-state index contributed by atoms with van der Waals surface area (Å²) in [4.78, 5) is 7.74. The summed E-state index contributed by atoms with van der Waals surface area (Å²) in [7, 11) is -2.25. The first-order chi connectivity index (χ1) is 11.5. The van der Waals surface area contributed by atoms with Gasteiger partial charge in [-0.15, -0.1) is 0 Å². The smallest absolute Gasteiger partial charge is 0.264 e. The molecule has 0 atom stereocenters. The van der Waals surface area contributed by atoms with Gasteiger partial charge in [0.2, 0.25) is 5.95 Å². The Labute approximate surface area is 141 Å². The quantitative estimate of drug-likeness (QED) is 0.804. The molecule has 0 amide bonds. The molecule has 1 saturated heterocycles. The highest BCUT2D eigenvalue weighted by atomic mass is 32.2. The normalized spacial score (nSPS) is 13.7. The van der Waals surface area contributed by atoms with Gasteiger partial charge in [-0.25, -0.2) is 23.1 Å². The minimum absolute atomic E-state index is 0.0300. The number of aromatic nitrogens is 2. The maximum absolute atomic E-state index is 12.0. The van der Waals surface area contributed by atoms with Crippen molar-refractivity contribution in [2.24, 2.45) is 0 Å². The zero-order valence-electron chi connectivity index (χ0n) is 13.3. The topological polar surface area (TPSA) is 116 Å². The van der Waals surface area contributed by atoms with Crippen molar-refractivity contribution in [1.29, 1.82) is 0 Å². The van der Waals surface area contributed by atoms with E-state index in [9.17, 15) is 8.42 Å². The highest BCUT2D eigenvalue weighted by molar-refractivity contribution is 7.92. The van der Waals surface area contributed by atoms with Crippen LogP contribution in [-0.2, 0) is 14.8 Å². The van der Waals surface area contributed by atoms with E-state index in [1.165, 1.54) is 56.6 Å². The predicted molar refractivity (Wildman–Crippen MR) is 90.3 cm³/mol. The zero-order valence-corrected chi connectivity index (χ0v) is 14.1. The van der Waals surface area contributed by atoms with E-state index < -0.39 is 10.0 Å². The second-order valence-corrected chi connectivity index (χ2v) is 6.62. The average Bonchev–Trinajstić information content (AvgIpc) is 3.15. The lowest BCUT2D eigenvalue weighted by atomic mass is 10.3. The summed E-state index contributed by atoms with van der Waals surface area (Å²) in [6, 6.07) is 5.81. The number of rotatable bonds is 4. The van der Waals surface area contributed by atoms with Gasteiger partial charge in [0.05, 0.1) is 24.4 Å². The van der Waals surface area contributed by atoms with Gasteiger partial charge < -0.3 is 15.2 Å². The number of benzene rings is 1. The van der Waals surface area contributed by atoms with E-state index >= 15 is 0 Å². The van der Waals surface area contributed by atoms with Gasteiger partial charge in [-0.1, -0.05) is 0 Å². The lowest BCUT2D eigenvalue weighted by Crippen LogP contribution is -2.14. The van der Waals surface area contributed by atoms with E-state index in [2.05, 4.69) is 14.7 Å². The number of sulfonamides is 1. The van der Waals surface area contributed by atoms with Gasteiger partial charge >= 0.3 is 0 Å². The SMILES string of the molecule is C1CCOC1.COc1cnc(NS(=O)(=O)c2ccc(N)cc2)nc1. The second-order valence-electron chi connectivity index (χ2n) is 4.94. The number of anilines is 2. The Bertz CT molecular complexity index is 721. The maximum atomic E-state index is 12.0. The molecule has 0 spiro atoms. The van der Waals surface area contributed by atoms with Gasteiger partial charge in [0.25, 0.3) is 10.0 Å². The van der Waals surface area contributed by atoms with E-state index in [0.29, 0.717) is 11.4 Å². The molecule has 1 aliphatic heterocycles. The van der Waals surface area contributed by atoms with Crippen LogP contribution in [0.25, 0.3) is 0 Å². The van der Waals surface area contributed by atoms with Crippen molar-refractivity contribution in [3.05, 3.63) is 36.7 Å². The summed E-state index contributed by atoms with van der Waals surface area (Å²) >= 11 is 0. The van der Waals surface area contributed by atoms with Crippen molar-refractivity contribution >= 4 is 21.7 Å². The summed E-state index contributed by atoms with van der Waals surface area (Å²) in [5.41, 5.74) is 5.99. The van der Waals surface area contributed by atoms with Crippen LogP contribution in [0.5, 0.6) is 5.75 Å². The van der Waals surface area contributed by atoms with Crippen LogP contribution in [0, 0.1) is 0 Å². The van der Waals surface area contributed by atoms with Crippen molar-refractivity contribution < 1.29 is 17.9 Å². The fourth-order valence-electron chi connectivity index (χ4n) is 1.81. The summed E-state index contributed by atoms with van der Waals surface area (Å²) in [5.74, 6) is 0.410. The van der Waals surface area contributed by atoms with Crippen LogP contribution in [0.2, 0.25) is 0 Å². The molecular weight excluding hydrogens is 332 g/mol. The largest absolute Gasteiger partial charge is 0.494 e. The van der Waals surface area contributed by atoms with Crippen LogP contribution >= 0.6 is 0 Å². The van der Waals surface area contributed by atoms with E-state index in [-0.39, 0.29) is 10.8 Å². The standard InChI is InChI=1S/C11H12N4O3S.C4H8O/c1-18-9-6-13-11(14-7-9)15-19(16,17)10-4-2-8(12)3-5-10;1-2-4-5-3-1/h2-7H,12H2,1H3,(H,13,14,15);1-4H2. The van der Waals surface area contributed by atoms with Crippen LogP contribution in [0.15, 0.2) is 41.6 Å². The minimum Gasteiger partial charge on any atom is -0.494 e. The molecule has 0 radical (unpaired) electrons. The van der Waals surface area contributed by atoms with Crippen LogP contribution < -0.4 is 15.2 Å². The zero-order chi connectivity index (χ0) is 17.4. The molecule has 2 aromatic rings. The Balaban J connectivity index is 0.000000355. The highest BCUT2D eigenvalue weighted by Gasteiger charge is 2.15. The molecule has 0 unspecified atom stereocenters. The van der Waals surface area contributed by atoms with Gasteiger partial charge in [-0.2, -0.15) is 0 Å². The lowest BCUT2D eigenvalue weighted by Gasteiger charge is -2.07. The van der Waals surface area contributed by atoms with E-state index in [0.717, 1.165) is 13.2 Å². The molecular formula is C15H20N4O4S. The van der Waals surface area contributed by atoms with Crippen molar-refractivity contribution in [1.82, 2.24) is 9.97 Å². The van der Waals surface area contributed by atoms with Crippen molar-refractivity contribution in [3.8, 4) is 5.75 Å². The Morgan fingerprint density at radius 3 is 2.17 bits per heavy atom. The molecule has 1 aromatic carbocycles. The number of ether oxygens (including phenoxy) is 2. The van der Waals surface area contributed by atoms with Crippen molar-refractivity contribution in [2.45, 2.75) is 17.7 Å². The molecule has 0 bridgehead atoms. The number of nitrogens with one attached hydrogen (secondary N) is 1. The predicted octanol–water partition coefficient (Wildman–Crippen LogP) is 1.66. The Morgan fingerprint density at radius 2 is 1.71 bits per heavy atom. The molecule has 0 aliphatic carbocycles. The molecule has 8 nitrogen and oxygen atoms in total. The maximum Gasteiger partial charge on any atom is 0.264 e. The molecule has 24 heavy (non-hydrogen) atoms. The van der Waals surface area contributed by atoms with Gasteiger partial charge in [0, 0.05) is 18.9 Å². The number of methoxy groups -OCH3 is 1. The summed E-state index contributed by atoms with van der Waals surface area (Å²) < 4.78 is 36.1. The summed E-state index contributed by atoms with van der Waals surface area (Å²) in [6.07, 6.45) is 5.29. The number of nitrogens with zero attached hydrogens (tertiary/aromatic N) is 2. The summed E-state index contributed by atoms with van der Waals surface area (Å²) in [6.45, 7) is 2.00. The van der Waals surface area contributed by atoms with Gasteiger partial charge in [-0.3, -0.25) is 0 Å². The van der Waals surface area contributed by atoms with E-state index in [1.54, 1.807) is 0 Å². The van der Waals surface area contributed by atoms with Crippen LogP contribution in [0.3, 0.4) is 0 Å². The van der Waals surface area contributed by atoms with Crippen LogP contribution in [-0.4, -0.2) is 38.7 Å². The van der Waals surface area contributed by atoms with Gasteiger partial charge in [0.1, 0.15) is 0 Å². The molecule has 9 heteroatoms. The molecule has 1 aliphatic rings. The van der Waals surface area contributed by atoms with Crippen molar-refractivity contribution in [3.63, 3.8) is 0 Å². The van der Waals surface area contributed by atoms with Gasteiger partial charge in [-0.05, 0) is 37.1 Å². The molecule has 3 N–H and O–H groups in total. The molecule has 1 aromatic heterocycles. The lowest BCUT2D eigenvalue weighted by molar-refractivity contribution is 0.198. The Hall–Kier alpha value is -2.39. The third kappa shape index (κ3) is 5.36. The third-order valence-electron chi connectivity index (χ3n) is 3.11. The monoisotopic (exact) mass is 352 g/mol.